The van der Waals surface area contributed by atoms with E-state index in [1.807, 2.05) is 0 Å². The monoisotopic (exact) mass is 258 g/mol. The Kier molecular flexibility index (Phi) is 4.44. The number of aliphatic hydroxyl groups excluding tert-OH is 4. The molecule has 0 aromatic rings. The van der Waals surface area contributed by atoms with Gasteiger partial charge in [-0.05, 0) is 0 Å². The third-order valence-electron chi connectivity index (χ3n) is 2.45. The fourth-order valence-electron chi connectivity index (χ4n) is 1.62. The summed E-state index contributed by atoms with van der Waals surface area (Å²) in [6.45, 7) is 0. The second-order valence-electron chi connectivity index (χ2n) is 3.80. The van der Waals surface area contributed by atoms with Crippen LogP contribution in [0.3, 0.4) is 0 Å². The molecule has 0 aliphatic heterocycles. The quantitative estimate of drug-likeness (QED) is 0.239. The lowest BCUT2D eigenvalue weighted by Gasteiger charge is -2.22. The van der Waals surface area contributed by atoms with Crippen LogP contribution in [-0.2, 0) is 9.09 Å². The summed E-state index contributed by atoms with van der Waals surface area (Å²) in [5.41, 5.74) is 0. The number of hydrogen-bond donors (Lipinski definition) is 6. The third kappa shape index (κ3) is 3.76. The summed E-state index contributed by atoms with van der Waals surface area (Å²) < 4.78 is 14.9. The summed E-state index contributed by atoms with van der Waals surface area (Å²) in [5, 5.41) is 37.4. The lowest BCUT2D eigenvalue weighted by molar-refractivity contribution is -0.0597. The van der Waals surface area contributed by atoms with Crippen molar-refractivity contribution in [2.24, 2.45) is 0 Å². The smallest absolute Gasteiger partial charge is 0.390 e. The van der Waals surface area contributed by atoms with Crippen LogP contribution in [0.5, 0.6) is 0 Å². The number of phosphoric ester groups is 1. The molecule has 1 aliphatic carbocycles. The third-order valence-corrected chi connectivity index (χ3v) is 2.99. The summed E-state index contributed by atoms with van der Waals surface area (Å²) in [5.74, 6) is 0. The minimum Gasteiger partial charge on any atom is -0.390 e. The summed E-state index contributed by atoms with van der Waals surface area (Å²) in [4.78, 5) is 17.1. The van der Waals surface area contributed by atoms with E-state index in [4.69, 9.17) is 9.79 Å². The van der Waals surface area contributed by atoms with Gasteiger partial charge in [0.2, 0.25) is 0 Å². The Bertz CT molecular complexity index is 278. The second kappa shape index (κ2) is 5.07. The molecule has 0 saturated heterocycles. The topological polar surface area (TPSA) is 148 Å². The first kappa shape index (κ1) is 14.0. The van der Waals surface area contributed by atoms with E-state index >= 15 is 0 Å². The van der Waals surface area contributed by atoms with Gasteiger partial charge in [-0.2, -0.15) is 0 Å². The number of hydrogen-bond acceptors (Lipinski definition) is 6. The Morgan fingerprint density at radius 1 is 0.938 bits per heavy atom. The highest BCUT2D eigenvalue weighted by molar-refractivity contribution is 7.46. The molecular formula is C7H15O8P. The fourth-order valence-corrected chi connectivity index (χ4v) is 2.20. The lowest BCUT2D eigenvalue weighted by atomic mass is 10.1. The molecule has 0 radical (unpaired) electrons. The van der Waals surface area contributed by atoms with Gasteiger partial charge in [-0.15, -0.1) is 0 Å². The van der Waals surface area contributed by atoms with Gasteiger partial charge in [0, 0.05) is 12.8 Å². The van der Waals surface area contributed by atoms with Gasteiger partial charge in [-0.1, -0.05) is 0 Å². The van der Waals surface area contributed by atoms with Gasteiger partial charge in [0.25, 0.3) is 0 Å². The largest absolute Gasteiger partial charge is 0.469 e. The van der Waals surface area contributed by atoms with Gasteiger partial charge in [0.05, 0.1) is 24.4 Å². The van der Waals surface area contributed by atoms with Gasteiger partial charge < -0.3 is 30.2 Å². The van der Waals surface area contributed by atoms with Gasteiger partial charge in [-0.25, -0.2) is 4.57 Å². The predicted molar refractivity (Wildman–Crippen MR) is 50.2 cm³/mol. The molecule has 8 nitrogen and oxygen atoms in total. The van der Waals surface area contributed by atoms with E-state index in [-0.39, 0.29) is 12.8 Å². The van der Waals surface area contributed by atoms with E-state index in [0.29, 0.717) is 0 Å². The normalized spacial score (nSPS) is 41.8. The van der Waals surface area contributed by atoms with E-state index in [9.17, 15) is 25.0 Å². The number of phosphoric acid groups is 1. The van der Waals surface area contributed by atoms with Crippen molar-refractivity contribution in [1.29, 1.82) is 0 Å². The first-order valence-electron chi connectivity index (χ1n) is 4.67. The van der Waals surface area contributed by atoms with Crippen LogP contribution in [0.15, 0.2) is 0 Å². The van der Waals surface area contributed by atoms with Crippen molar-refractivity contribution in [3.63, 3.8) is 0 Å². The Morgan fingerprint density at radius 2 is 1.44 bits per heavy atom. The van der Waals surface area contributed by atoms with E-state index in [1.165, 1.54) is 0 Å². The zero-order valence-electron chi connectivity index (χ0n) is 8.25. The molecule has 16 heavy (non-hydrogen) atoms. The molecule has 96 valence electrons. The Labute approximate surface area is 91.4 Å². The molecule has 0 amide bonds. The van der Waals surface area contributed by atoms with E-state index < -0.39 is 38.3 Å². The molecule has 0 bridgehead atoms. The molecule has 1 aliphatic rings. The first-order valence-corrected chi connectivity index (χ1v) is 6.20. The van der Waals surface area contributed by atoms with Crippen LogP contribution < -0.4 is 0 Å². The summed E-state index contributed by atoms with van der Waals surface area (Å²) in [7, 11) is -4.79. The minimum atomic E-state index is -4.79. The van der Waals surface area contributed by atoms with Crippen molar-refractivity contribution in [2.75, 3.05) is 0 Å². The predicted octanol–water partition coefficient (Wildman–Crippen LogP) is -2.30. The lowest BCUT2D eigenvalue weighted by Crippen LogP contribution is -2.36. The zero-order valence-corrected chi connectivity index (χ0v) is 9.14. The van der Waals surface area contributed by atoms with Crippen molar-refractivity contribution >= 4 is 7.82 Å². The molecule has 6 N–H and O–H groups in total. The summed E-state index contributed by atoms with van der Waals surface area (Å²) in [6.07, 6.45) is -7.65. The van der Waals surface area contributed by atoms with Crippen LogP contribution in [0.2, 0.25) is 0 Å². The molecule has 5 atom stereocenters. The molecule has 1 rings (SSSR count). The fraction of sp³-hybridized carbons (Fsp3) is 1.00. The van der Waals surface area contributed by atoms with Gasteiger partial charge in [-0.3, -0.25) is 4.52 Å². The molecule has 0 aromatic heterocycles. The summed E-state index contributed by atoms with van der Waals surface area (Å²) in [6, 6.07) is 0. The molecule has 0 heterocycles. The molecule has 0 unspecified atom stereocenters. The molecule has 9 heteroatoms. The Balaban J connectivity index is 2.74. The average Bonchev–Trinajstić information content (AvgIpc) is 2.18. The highest BCUT2D eigenvalue weighted by Gasteiger charge is 2.39. The van der Waals surface area contributed by atoms with Crippen molar-refractivity contribution in [3.8, 4) is 0 Å². The molecule has 1 fully saturated rings. The minimum absolute atomic E-state index is 0.330. The standard InChI is InChI=1S/C7H15O8P/c8-3-1-4(9)7(11)5(10)2-6(3)15-16(12,13)14/h3-11H,1-2H2,(H2,12,13,14)/t3-,4+,5+,6-,7-/m1/s1. The maximum atomic E-state index is 10.6. The maximum Gasteiger partial charge on any atom is 0.469 e. The average molecular weight is 258 g/mol. The highest BCUT2D eigenvalue weighted by Crippen LogP contribution is 2.40. The first-order chi connectivity index (χ1) is 7.20. The van der Waals surface area contributed by atoms with Gasteiger partial charge >= 0.3 is 7.82 Å². The van der Waals surface area contributed by atoms with Gasteiger partial charge in [0.1, 0.15) is 6.10 Å². The Morgan fingerprint density at radius 3 is 1.94 bits per heavy atom. The van der Waals surface area contributed by atoms with E-state index in [0.717, 1.165) is 0 Å². The van der Waals surface area contributed by atoms with Crippen LogP contribution in [0.25, 0.3) is 0 Å². The van der Waals surface area contributed by atoms with Crippen molar-refractivity contribution in [1.82, 2.24) is 0 Å². The van der Waals surface area contributed by atoms with Crippen molar-refractivity contribution in [2.45, 2.75) is 43.4 Å². The number of aliphatic hydroxyl groups is 4. The van der Waals surface area contributed by atoms with E-state index in [2.05, 4.69) is 4.52 Å². The van der Waals surface area contributed by atoms with Crippen LogP contribution >= 0.6 is 7.82 Å². The highest BCUT2D eigenvalue weighted by atomic mass is 31.2. The van der Waals surface area contributed by atoms with Crippen LogP contribution in [-0.4, -0.2) is 60.7 Å². The van der Waals surface area contributed by atoms with Crippen molar-refractivity contribution in [3.05, 3.63) is 0 Å². The summed E-state index contributed by atoms with van der Waals surface area (Å²) >= 11 is 0. The molecule has 0 spiro atoms. The Hall–Kier alpha value is -0.0500. The maximum absolute atomic E-state index is 10.6. The second-order valence-corrected chi connectivity index (χ2v) is 4.99. The molecular weight excluding hydrogens is 243 g/mol. The molecule has 1 saturated carbocycles. The van der Waals surface area contributed by atoms with E-state index in [1.54, 1.807) is 0 Å². The van der Waals surface area contributed by atoms with Crippen molar-refractivity contribution < 1.29 is 39.3 Å². The van der Waals surface area contributed by atoms with Gasteiger partial charge in [0.15, 0.2) is 0 Å². The van der Waals surface area contributed by atoms with Crippen LogP contribution in [0.4, 0.5) is 0 Å². The van der Waals surface area contributed by atoms with Crippen LogP contribution in [0.1, 0.15) is 12.8 Å². The SMILES string of the molecule is O=P(O)(O)O[C@@H]1C[C@H](O)[C@H](O)[C@@H](O)C[C@H]1O. The zero-order chi connectivity index (χ0) is 12.5. The van der Waals surface area contributed by atoms with Crippen LogP contribution in [0, 0.1) is 0 Å². The number of rotatable bonds is 2. The molecule has 0 aromatic carbocycles.